The van der Waals surface area contributed by atoms with Gasteiger partial charge in [-0.15, -0.1) is 0 Å². The normalized spacial score (nSPS) is 16.0. The molecule has 0 bridgehead atoms. The van der Waals surface area contributed by atoms with Gasteiger partial charge in [0.05, 0.1) is 4.90 Å². The van der Waals surface area contributed by atoms with Crippen LogP contribution in [0.25, 0.3) is 0 Å². The lowest BCUT2D eigenvalue weighted by Gasteiger charge is -2.42. The molecule has 1 atom stereocenters. The van der Waals surface area contributed by atoms with Crippen LogP contribution < -0.4 is 4.72 Å². The van der Waals surface area contributed by atoms with Gasteiger partial charge in [0.2, 0.25) is 10.0 Å². The average Bonchev–Trinajstić information content (AvgIpc) is 2.76. The molecule has 0 saturated carbocycles. The molecule has 204 valence electrons. The van der Waals surface area contributed by atoms with Gasteiger partial charge in [-0.3, -0.25) is 4.57 Å². The second-order valence-corrected chi connectivity index (χ2v) is 10.6. The smallest absolute Gasteiger partial charge is 0.311 e. The van der Waals surface area contributed by atoms with Crippen molar-refractivity contribution < 1.29 is 74.7 Å². The van der Waals surface area contributed by atoms with Crippen LogP contribution in [0.1, 0.15) is 0 Å². The molecule has 1 N–H and O–H groups in total. The van der Waals surface area contributed by atoms with Gasteiger partial charge in [-0.2, -0.15) is 48.6 Å². The highest BCUT2D eigenvalue weighted by Gasteiger charge is 2.89. The Kier molecular flexibility index (Phi) is 8.74. The monoisotopic (exact) mass is 579 g/mol. The molecule has 0 spiro atoms. The van der Waals surface area contributed by atoms with E-state index in [0.29, 0.717) is 16.9 Å². The summed E-state index contributed by atoms with van der Waals surface area (Å²) in [4.78, 5) is -1.04. The Balaban J connectivity index is 3.81. The molecule has 0 fully saturated rings. The van der Waals surface area contributed by atoms with Crippen molar-refractivity contribution in [3.63, 3.8) is 0 Å². The van der Waals surface area contributed by atoms with Crippen molar-refractivity contribution in [2.45, 2.75) is 46.7 Å². The summed E-state index contributed by atoms with van der Waals surface area (Å²) in [6.07, 6.45) is -5.73. The van der Waals surface area contributed by atoms with Crippen LogP contribution in [-0.2, 0) is 23.6 Å². The summed E-state index contributed by atoms with van der Waals surface area (Å²) in [5.74, 6) is -42.4. The number of hydrogen-bond donors (Lipinski definition) is 1. The van der Waals surface area contributed by atoms with E-state index in [2.05, 4.69) is 9.05 Å². The number of halogens is 12. The molecule has 35 heavy (non-hydrogen) atoms. The van der Waals surface area contributed by atoms with E-state index in [9.17, 15) is 65.7 Å². The molecule has 0 heterocycles. The first-order valence-electron chi connectivity index (χ1n) is 8.47. The molecule has 0 amide bonds. The first-order valence-corrected chi connectivity index (χ1v) is 11.6. The van der Waals surface area contributed by atoms with Crippen LogP contribution in [0.4, 0.5) is 52.7 Å². The number of nitrogens with one attached hydrogen (secondary N) is 1. The summed E-state index contributed by atoms with van der Waals surface area (Å²) < 4.78 is 209. The number of alkyl halides is 12. The molecule has 0 aliphatic rings. The van der Waals surface area contributed by atoms with Gasteiger partial charge in [-0.05, 0) is 12.1 Å². The Morgan fingerprint density at radius 1 is 0.771 bits per heavy atom. The topological polar surface area (TPSA) is 81.7 Å². The highest BCUT2D eigenvalue weighted by molar-refractivity contribution is 7.89. The zero-order chi connectivity index (χ0) is 27.9. The van der Waals surface area contributed by atoms with E-state index >= 15 is 0 Å². The van der Waals surface area contributed by atoms with Gasteiger partial charge in [0.25, 0.3) is 0 Å². The second-order valence-electron chi connectivity index (χ2n) is 6.51. The van der Waals surface area contributed by atoms with Crippen molar-refractivity contribution in [3.05, 3.63) is 30.3 Å². The molecule has 1 aromatic carbocycles. The van der Waals surface area contributed by atoms with Crippen LogP contribution in [0.5, 0.6) is 0 Å². The number of benzene rings is 1. The predicted octanol–water partition coefficient (Wildman–Crippen LogP) is 5.22. The van der Waals surface area contributed by atoms with Crippen LogP contribution in [0, 0.1) is 0 Å². The van der Waals surface area contributed by atoms with Gasteiger partial charge in [0.1, 0.15) is 0 Å². The Hall–Kier alpha value is -1.56. The minimum atomic E-state index is -7.99. The summed E-state index contributed by atoms with van der Waals surface area (Å²) in [7, 11) is -11.2. The van der Waals surface area contributed by atoms with Crippen LogP contribution >= 0.6 is 7.60 Å². The third-order valence-corrected chi connectivity index (χ3v) is 8.11. The molecule has 6 nitrogen and oxygen atoms in total. The molecule has 0 aromatic heterocycles. The molecular weight excluding hydrogens is 565 g/mol. The standard InChI is InChI=1S/C15H14F12NO5PS/c1-32-34(29,33-2)10(28-35(30,31)8-6-4-3-5-7-8)12(20,21)14(24,25)15(26,27)13(22,23)11(18,19)9(16)17/h3-7,9-10,28H,1-2H3/t10-/m1/s1. The van der Waals surface area contributed by atoms with Gasteiger partial charge < -0.3 is 9.05 Å². The lowest BCUT2D eigenvalue weighted by Crippen LogP contribution is -2.71. The zero-order valence-electron chi connectivity index (χ0n) is 17.0. The number of hydrogen-bond acceptors (Lipinski definition) is 5. The third-order valence-electron chi connectivity index (χ3n) is 4.39. The molecule has 20 heteroatoms. The van der Waals surface area contributed by atoms with E-state index in [4.69, 9.17) is 0 Å². The molecule has 0 radical (unpaired) electrons. The van der Waals surface area contributed by atoms with E-state index in [-0.39, 0.29) is 14.2 Å². The van der Waals surface area contributed by atoms with Crippen LogP contribution in [-0.4, -0.2) is 64.5 Å². The van der Waals surface area contributed by atoms with Crippen molar-refractivity contribution in [3.8, 4) is 0 Å². The summed E-state index contributed by atoms with van der Waals surface area (Å²) >= 11 is 0. The molecule has 0 saturated heterocycles. The van der Waals surface area contributed by atoms with Gasteiger partial charge in [0.15, 0.2) is 5.78 Å². The predicted molar refractivity (Wildman–Crippen MR) is 92.9 cm³/mol. The SMILES string of the molecule is COP(=O)(OC)[C@@H](NS(=O)(=O)c1ccccc1)C(F)(F)C(F)(F)C(F)(F)C(F)(F)C(F)(F)C(F)F. The quantitative estimate of drug-likeness (QED) is 0.272. The van der Waals surface area contributed by atoms with Crippen LogP contribution in [0.15, 0.2) is 35.2 Å². The summed E-state index contributed by atoms with van der Waals surface area (Å²) in [5, 5.41) is 0. The molecule has 1 rings (SSSR count). The van der Waals surface area contributed by atoms with Gasteiger partial charge in [0, 0.05) is 14.2 Å². The van der Waals surface area contributed by atoms with E-state index < -0.39 is 64.3 Å². The largest absolute Gasteiger partial charge is 0.384 e. The maximum absolute atomic E-state index is 14.7. The fourth-order valence-electron chi connectivity index (χ4n) is 2.36. The van der Waals surface area contributed by atoms with Crippen molar-refractivity contribution >= 4 is 17.6 Å². The molecule has 0 aliphatic heterocycles. The fraction of sp³-hybridized carbons (Fsp3) is 0.600. The van der Waals surface area contributed by atoms with E-state index in [1.54, 1.807) is 0 Å². The van der Waals surface area contributed by atoms with Gasteiger partial charge >= 0.3 is 43.6 Å². The Labute approximate surface area is 189 Å². The Morgan fingerprint density at radius 2 is 1.17 bits per heavy atom. The Morgan fingerprint density at radius 3 is 1.54 bits per heavy atom. The first-order chi connectivity index (χ1) is 15.5. The van der Waals surface area contributed by atoms with Gasteiger partial charge in [-0.1, -0.05) is 18.2 Å². The van der Waals surface area contributed by atoms with Crippen molar-refractivity contribution in [2.24, 2.45) is 0 Å². The lowest BCUT2D eigenvalue weighted by atomic mass is 9.94. The summed E-state index contributed by atoms with van der Waals surface area (Å²) in [6.45, 7) is 0. The maximum atomic E-state index is 14.7. The number of rotatable bonds is 12. The van der Waals surface area contributed by atoms with E-state index in [1.807, 2.05) is 0 Å². The highest BCUT2D eigenvalue weighted by Crippen LogP contribution is 2.64. The second kappa shape index (κ2) is 9.72. The molecule has 1 aromatic rings. The van der Waals surface area contributed by atoms with Gasteiger partial charge in [-0.25, -0.2) is 17.2 Å². The zero-order valence-corrected chi connectivity index (χ0v) is 18.7. The van der Waals surface area contributed by atoms with Crippen molar-refractivity contribution in [2.75, 3.05) is 14.2 Å². The van der Waals surface area contributed by atoms with Crippen molar-refractivity contribution in [1.29, 1.82) is 0 Å². The highest BCUT2D eigenvalue weighted by atomic mass is 32.2. The lowest BCUT2D eigenvalue weighted by molar-refractivity contribution is -0.413. The molecular formula is C15H14F12NO5PS. The number of sulfonamides is 1. The minimum absolute atomic E-state index is 0.167. The molecule has 0 unspecified atom stereocenters. The summed E-state index contributed by atoms with van der Waals surface area (Å²) in [6, 6.07) is 4.33. The first kappa shape index (κ1) is 31.5. The summed E-state index contributed by atoms with van der Waals surface area (Å²) in [5.41, 5.74) is 0. The fourth-order valence-corrected chi connectivity index (χ4v) is 5.52. The maximum Gasteiger partial charge on any atom is 0.384 e. The Bertz CT molecular complexity index is 1030. The van der Waals surface area contributed by atoms with E-state index in [1.165, 1.54) is 6.07 Å². The third kappa shape index (κ3) is 5.01. The van der Waals surface area contributed by atoms with E-state index in [0.717, 1.165) is 12.1 Å². The molecule has 0 aliphatic carbocycles. The van der Waals surface area contributed by atoms with Crippen LogP contribution in [0.2, 0.25) is 0 Å². The van der Waals surface area contributed by atoms with Crippen LogP contribution in [0.3, 0.4) is 0 Å². The minimum Gasteiger partial charge on any atom is -0.311 e. The van der Waals surface area contributed by atoms with Crippen molar-refractivity contribution in [1.82, 2.24) is 4.72 Å². The average molecular weight is 579 g/mol.